The molecule has 0 aromatic rings. The Morgan fingerprint density at radius 1 is 1.25 bits per heavy atom. The predicted molar refractivity (Wildman–Crippen MR) is 87.4 cm³/mol. The molecule has 1 aliphatic carbocycles. The highest BCUT2D eigenvalue weighted by molar-refractivity contribution is 7.99. The topological polar surface area (TPSA) is 21.3 Å². The second-order valence-electron chi connectivity index (χ2n) is 7.11. The lowest BCUT2D eigenvalue weighted by molar-refractivity contribution is -0.0882. The molecule has 3 fully saturated rings. The molecule has 0 bridgehead atoms. The van der Waals surface area contributed by atoms with Gasteiger partial charge in [-0.2, -0.15) is 11.8 Å². The molecular weight excluding hydrogens is 266 g/mol. The fourth-order valence-corrected chi connectivity index (χ4v) is 5.96. The van der Waals surface area contributed by atoms with Gasteiger partial charge in [-0.15, -0.1) is 0 Å². The summed E-state index contributed by atoms with van der Waals surface area (Å²) >= 11 is 2.10. The van der Waals surface area contributed by atoms with E-state index in [0.717, 1.165) is 24.5 Å². The first-order valence-electron chi connectivity index (χ1n) is 8.78. The van der Waals surface area contributed by atoms with Gasteiger partial charge in [-0.25, -0.2) is 0 Å². The number of nitrogens with one attached hydrogen (secondary N) is 1. The van der Waals surface area contributed by atoms with Crippen LogP contribution in [0.1, 0.15) is 58.3 Å². The lowest BCUT2D eigenvalue weighted by atomic mass is 9.76. The fraction of sp³-hybridized carbons (Fsp3) is 1.00. The number of hydrogen-bond acceptors (Lipinski definition) is 3. The van der Waals surface area contributed by atoms with Crippen LogP contribution in [0.4, 0.5) is 0 Å². The predicted octanol–water partition coefficient (Wildman–Crippen LogP) is 3.85. The van der Waals surface area contributed by atoms with E-state index in [0.29, 0.717) is 0 Å². The monoisotopic (exact) mass is 297 g/mol. The third kappa shape index (κ3) is 3.36. The van der Waals surface area contributed by atoms with E-state index in [4.69, 9.17) is 4.74 Å². The zero-order valence-electron chi connectivity index (χ0n) is 13.0. The minimum atomic E-state index is 0.248. The summed E-state index contributed by atoms with van der Waals surface area (Å²) < 4.78 is 6.23. The van der Waals surface area contributed by atoms with Crippen LogP contribution in [-0.2, 0) is 4.74 Å². The van der Waals surface area contributed by atoms with Crippen molar-refractivity contribution in [2.75, 3.05) is 24.7 Å². The highest BCUT2D eigenvalue weighted by atomic mass is 32.2. The lowest BCUT2D eigenvalue weighted by Gasteiger charge is -2.43. The molecule has 2 aliphatic heterocycles. The Labute approximate surface area is 128 Å². The van der Waals surface area contributed by atoms with Crippen molar-refractivity contribution in [2.45, 2.75) is 69.9 Å². The zero-order valence-corrected chi connectivity index (χ0v) is 13.9. The van der Waals surface area contributed by atoms with Crippen LogP contribution in [0.25, 0.3) is 0 Å². The van der Waals surface area contributed by atoms with Gasteiger partial charge in [0.05, 0.1) is 5.60 Å². The van der Waals surface area contributed by atoms with E-state index in [-0.39, 0.29) is 5.60 Å². The van der Waals surface area contributed by atoms with E-state index in [1.54, 1.807) is 0 Å². The maximum atomic E-state index is 6.23. The molecule has 0 radical (unpaired) electrons. The van der Waals surface area contributed by atoms with Crippen molar-refractivity contribution in [1.82, 2.24) is 5.32 Å². The van der Waals surface area contributed by atoms with Gasteiger partial charge < -0.3 is 10.1 Å². The molecule has 3 aliphatic rings. The highest BCUT2D eigenvalue weighted by Crippen LogP contribution is 2.43. The molecule has 116 valence electrons. The van der Waals surface area contributed by atoms with Crippen LogP contribution < -0.4 is 5.32 Å². The second kappa shape index (κ2) is 7.02. The smallest absolute Gasteiger partial charge is 0.0783 e. The number of rotatable bonds is 5. The average Bonchev–Trinajstić information content (AvgIpc) is 3.12. The molecular formula is C17H31NOS. The van der Waals surface area contributed by atoms with E-state index in [9.17, 15) is 0 Å². The normalized spacial score (nSPS) is 36.8. The van der Waals surface area contributed by atoms with Crippen molar-refractivity contribution < 1.29 is 4.74 Å². The second-order valence-corrected chi connectivity index (χ2v) is 8.22. The molecule has 0 aromatic heterocycles. The van der Waals surface area contributed by atoms with Crippen molar-refractivity contribution in [3.8, 4) is 0 Å². The summed E-state index contributed by atoms with van der Waals surface area (Å²) in [6.45, 7) is 4.49. The summed E-state index contributed by atoms with van der Waals surface area (Å²) in [7, 11) is 0. The molecule has 1 saturated carbocycles. The maximum absolute atomic E-state index is 6.23. The summed E-state index contributed by atoms with van der Waals surface area (Å²) in [6, 6.07) is 0.767. The number of thioether (sulfide) groups is 1. The van der Waals surface area contributed by atoms with E-state index in [1.807, 2.05) is 0 Å². The first-order valence-corrected chi connectivity index (χ1v) is 9.93. The number of hydrogen-bond donors (Lipinski definition) is 1. The SMILES string of the molecule is CCCNC(C1CCCC1)C1CCOC2(CCSC2)C1. The van der Waals surface area contributed by atoms with E-state index in [1.165, 1.54) is 69.4 Å². The average molecular weight is 298 g/mol. The van der Waals surface area contributed by atoms with Gasteiger partial charge in [0.1, 0.15) is 0 Å². The summed E-state index contributed by atoms with van der Waals surface area (Å²) in [4.78, 5) is 0. The van der Waals surface area contributed by atoms with Gasteiger partial charge >= 0.3 is 0 Å². The molecule has 1 N–H and O–H groups in total. The van der Waals surface area contributed by atoms with E-state index in [2.05, 4.69) is 24.0 Å². The van der Waals surface area contributed by atoms with E-state index >= 15 is 0 Å². The van der Waals surface area contributed by atoms with Crippen molar-refractivity contribution in [1.29, 1.82) is 0 Å². The molecule has 2 nitrogen and oxygen atoms in total. The number of ether oxygens (including phenoxy) is 1. The van der Waals surface area contributed by atoms with Gasteiger partial charge in [0.15, 0.2) is 0 Å². The van der Waals surface area contributed by atoms with Gasteiger partial charge in [0.25, 0.3) is 0 Å². The standard InChI is InChI=1S/C17H31NOS/c1-2-9-18-16(14-5-3-4-6-14)15-7-10-19-17(12-15)8-11-20-13-17/h14-16,18H,2-13H2,1H3. The molecule has 20 heavy (non-hydrogen) atoms. The highest BCUT2D eigenvalue weighted by Gasteiger charge is 2.43. The van der Waals surface area contributed by atoms with Crippen molar-refractivity contribution >= 4 is 11.8 Å². The van der Waals surface area contributed by atoms with Gasteiger partial charge in [-0.3, -0.25) is 0 Å². The van der Waals surface area contributed by atoms with Gasteiger partial charge in [-0.05, 0) is 62.7 Å². The largest absolute Gasteiger partial charge is 0.374 e. The molecule has 2 saturated heterocycles. The molecule has 0 amide bonds. The summed E-state index contributed by atoms with van der Waals surface area (Å²) in [5.74, 6) is 4.35. The molecule has 3 rings (SSSR count). The summed E-state index contributed by atoms with van der Waals surface area (Å²) in [6.07, 6.45) is 11.0. The third-order valence-electron chi connectivity index (χ3n) is 5.64. The summed E-state index contributed by atoms with van der Waals surface area (Å²) in [5.41, 5.74) is 0.248. The Kier molecular flexibility index (Phi) is 5.33. The Balaban J connectivity index is 1.65. The van der Waals surface area contributed by atoms with Crippen LogP contribution in [0.5, 0.6) is 0 Å². The van der Waals surface area contributed by atoms with Crippen molar-refractivity contribution in [3.63, 3.8) is 0 Å². The summed E-state index contributed by atoms with van der Waals surface area (Å²) in [5, 5.41) is 3.93. The molecule has 3 atom stereocenters. The Morgan fingerprint density at radius 3 is 2.80 bits per heavy atom. The van der Waals surface area contributed by atoms with Crippen LogP contribution in [0, 0.1) is 11.8 Å². The Hall–Kier alpha value is 0.270. The third-order valence-corrected chi connectivity index (χ3v) is 6.87. The Morgan fingerprint density at radius 2 is 2.10 bits per heavy atom. The Bertz CT molecular complexity index is 297. The first-order chi connectivity index (χ1) is 9.83. The lowest BCUT2D eigenvalue weighted by Crippen LogP contribution is -2.49. The van der Waals surface area contributed by atoms with Crippen molar-refractivity contribution in [2.24, 2.45) is 11.8 Å². The van der Waals surface area contributed by atoms with Crippen LogP contribution in [0.3, 0.4) is 0 Å². The van der Waals surface area contributed by atoms with E-state index < -0.39 is 0 Å². The molecule has 0 aromatic carbocycles. The molecule has 3 heteroatoms. The first kappa shape index (κ1) is 15.2. The maximum Gasteiger partial charge on any atom is 0.0783 e. The van der Waals surface area contributed by atoms with Crippen LogP contribution in [0.15, 0.2) is 0 Å². The minimum absolute atomic E-state index is 0.248. The fourth-order valence-electron chi connectivity index (χ4n) is 4.58. The molecule has 2 heterocycles. The van der Waals surface area contributed by atoms with Crippen LogP contribution in [0.2, 0.25) is 0 Å². The minimum Gasteiger partial charge on any atom is -0.374 e. The van der Waals surface area contributed by atoms with Gasteiger partial charge in [-0.1, -0.05) is 19.8 Å². The molecule has 3 unspecified atom stereocenters. The molecule has 1 spiro atoms. The van der Waals surface area contributed by atoms with Gasteiger partial charge in [0, 0.05) is 18.4 Å². The van der Waals surface area contributed by atoms with Crippen molar-refractivity contribution in [3.05, 3.63) is 0 Å². The van der Waals surface area contributed by atoms with Gasteiger partial charge in [0.2, 0.25) is 0 Å². The van der Waals surface area contributed by atoms with Crippen LogP contribution >= 0.6 is 11.8 Å². The van der Waals surface area contributed by atoms with Crippen LogP contribution in [-0.4, -0.2) is 36.3 Å². The quantitative estimate of drug-likeness (QED) is 0.833. The zero-order chi connectivity index (χ0) is 13.8.